The van der Waals surface area contributed by atoms with Gasteiger partial charge in [-0.05, 0) is 74.7 Å². The molecule has 35 heavy (non-hydrogen) atoms. The van der Waals surface area contributed by atoms with Gasteiger partial charge in [-0.25, -0.2) is 4.39 Å². The van der Waals surface area contributed by atoms with E-state index in [0.717, 1.165) is 31.4 Å². The number of aromatic amines is 1. The fourth-order valence-electron chi connectivity index (χ4n) is 4.12. The van der Waals surface area contributed by atoms with Crippen LogP contribution in [0.25, 0.3) is 10.9 Å². The van der Waals surface area contributed by atoms with Gasteiger partial charge in [-0.3, -0.25) is 4.79 Å². The van der Waals surface area contributed by atoms with Crippen LogP contribution < -0.4 is 20.3 Å². The van der Waals surface area contributed by atoms with Crippen molar-refractivity contribution in [1.29, 1.82) is 0 Å². The Labute approximate surface area is 209 Å². The third kappa shape index (κ3) is 6.29. The summed E-state index contributed by atoms with van der Waals surface area (Å²) < 4.78 is 24.7. The minimum Gasteiger partial charge on any atom is -0.486 e. The summed E-state index contributed by atoms with van der Waals surface area (Å²) in [5, 5.41) is 4.53. The van der Waals surface area contributed by atoms with Crippen molar-refractivity contribution in [2.45, 2.75) is 26.8 Å². The molecule has 0 radical (unpaired) electrons. The Morgan fingerprint density at radius 1 is 1.06 bits per heavy atom. The maximum absolute atomic E-state index is 13.3. The van der Waals surface area contributed by atoms with E-state index < -0.39 is 0 Å². The van der Waals surface area contributed by atoms with Crippen LogP contribution in [0.1, 0.15) is 25.8 Å². The van der Waals surface area contributed by atoms with Crippen LogP contribution in [0.4, 0.5) is 10.1 Å². The van der Waals surface area contributed by atoms with Crippen molar-refractivity contribution in [2.24, 2.45) is 0 Å². The number of hydrogen-bond donors (Lipinski definition) is 2. The predicted molar refractivity (Wildman–Crippen MR) is 141 cm³/mol. The highest BCUT2D eigenvalue weighted by Gasteiger charge is 2.17. The van der Waals surface area contributed by atoms with Gasteiger partial charge in [-0.1, -0.05) is 13.8 Å². The number of pyridine rings is 1. The average molecular weight is 499 g/mol. The summed E-state index contributed by atoms with van der Waals surface area (Å²) >= 11 is 5.70. The van der Waals surface area contributed by atoms with E-state index in [1.807, 2.05) is 17.0 Å². The summed E-state index contributed by atoms with van der Waals surface area (Å²) in [6.45, 7) is 9.17. The fraction of sp³-hybridized carbons (Fsp3) is 0.385. The Morgan fingerprint density at radius 3 is 2.43 bits per heavy atom. The normalized spacial score (nSPS) is 12.7. The number of aromatic nitrogens is 1. The number of fused-ring (bicyclic) bond motifs is 2. The van der Waals surface area contributed by atoms with Crippen LogP contribution in [0.3, 0.4) is 0 Å². The Hall–Kier alpha value is -3.17. The standard InChI is InChI=1S/C26H31FN4O3S/c1-3-30(4-2)10-5-11-31(26(35)28-21-8-6-20(27)7-9-21)17-19-14-18-15-23-24(34-13-12-33-23)16-22(18)29-25(19)32/h6-9,14-16H,3-5,10-13,17H2,1-2H3,(H,28,35)(H,29,32). The lowest BCUT2D eigenvalue weighted by atomic mass is 10.1. The first kappa shape index (κ1) is 24.9. The van der Waals surface area contributed by atoms with Crippen molar-refractivity contribution >= 4 is 33.9 Å². The number of nitrogens with zero attached hydrogens (tertiary/aromatic N) is 2. The molecule has 0 saturated heterocycles. The highest BCUT2D eigenvalue weighted by Crippen LogP contribution is 2.33. The number of H-pyrrole nitrogens is 1. The molecule has 0 unspecified atom stereocenters. The summed E-state index contributed by atoms with van der Waals surface area (Å²) in [6, 6.07) is 11.6. The van der Waals surface area contributed by atoms with Crippen molar-refractivity contribution < 1.29 is 13.9 Å². The first-order valence-corrected chi connectivity index (χ1v) is 12.4. The molecule has 1 aliphatic rings. The molecule has 1 aromatic heterocycles. The molecule has 0 saturated carbocycles. The third-order valence-electron chi connectivity index (χ3n) is 6.12. The van der Waals surface area contributed by atoms with Crippen LogP contribution in [-0.2, 0) is 6.54 Å². The van der Waals surface area contributed by atoms with Gasteiger partial charge in [-0.15, -0.1) is 0 Å². The van der Waals surface area contributed by atoms with Gasteiger partial charge in [-0.2, -0.15) is 0 Å². The summed E-state index contributed by atoms with van der Waals surface area (Å²) in [5.74, 6) is 0.998. The molecule has 0 spiro atoms. The lowest BCUT2D eigenvalue weighted by Crippen LogP contribution is -2.38. The Bertz CT molecular complexity index is 1230. The molecule has 0 amide bonds. The average Bonchev–Trinajstić information content (AvgIpc) is 2.86. The number of hydrogen-bond acceptors (Lipinski definition) is 5. The molecule has 7 nitrogen and oxygen atoms in total. The molecular weight excluding hydrogens is 467 g/mol. The highest BCUT2D eigenvalue weighted by molar-refractivity contribution is 7.80. The van der Waals surface area contributed by atoms with Gasteiger partial charge in [0, 0.05) is 29.2 Å². The van der Waals surface area contributed by atoms with Crippen molar-refractivity contribution in [3.05, 3.63) is 64.2 Å². The molecule has 3 aromatic rings. The van der Waals surface area contributed by atoms with Gasteiger partial charge in [0.15, 0.2) is 16.6 Å². The minimum atomic E-state index is -0.309. The van der Waals surface area contributed by atoms with Crippen molar-refractivity contribution in [3.8, 4) is 11.5 Å². The van der Waals surface area contributed by atoms with Gasteiger partial charge in [0.25, 0.3) is 5.56 Å². The molecule has 2 N–H and O–H groups in total. The maximum Gasteiger partial charge on any atom is 0.253 e. The summed E-state index contributed by atoms with van der Waals surface area (Å²) in [4.78, 5) is 20.3. The predicted octanol–water partition coefficient (Wildman–Crippen LogP) is 4.37. The number of thiocarbonyl (C=S) groups is 1. The Kier molecular flexibility index (Phi) is 8.20. The van der Waals surface area contributed by atoms with Crippen LogP contribution in [-0.4, -0.2) is 59.3 Å². The van der Waals surface area contributed by atoms with Crippen molar-refractivity contribution in [1.82, 2.24) is 14.8 Å². The van der Waals surface area contributed by atoms with Gasteiger partial charge in [0.1, 0.15) is 19.0 Å². The molecule has 0 aliphatic carbocycles. The van der Waals surface area contributed by atoms with Gasteiger partial charge >= 0.3 is 0 Å². The second-order valence-electron chi connectivity index (χ2n) is 8.45. The number of benzene rings is 2. The molecule has 9 heteroatoms. The molecule has 4 rings (SSSR count). The lowest BCUT2D eigenvalue weighted by Gasteiger charge is -2.27. The van der Waals surface area contributed by atoms with E-state index >= 15 is 0 Å². The zero-order valence-corrected chi connectivity index (χ0v) is 20.9. The number of rotatable bonds is 9. The molecule has 0 atom stereocenters. The van der Waals surface area contributed by atoms with Crippen LogP contribution in [0.5, 0.6) is 11.5 Å². The topological polar surface area (TPSA) is 69.8 Å². The number of ether oxygens (including phenoxy) is 2. The molecule has 2 heterocycles. The van der Waals surface area contributed by atoms with Crippen LogP contribution in [0.15, 0.2) is 47.3 Å². The van der Waals surface area contributed by atoms with Crippen LogP contribution >= 0.6 is 12.2 Å². The van der Waals surface area contributed by atoms with Crippen molar-refractivity contribution in [2.75, 3.05) is 44.7 Å². The lowest BCUT2D eigenvalue weighted by molar-refractivity contribution is 0.172. The second-order valence-corrected chi connectivity index (χ2v) is 8.83. The van der Waals surface area contributed by atoms with Crippen molar-refractivity contribution in [3.63, 3.8) is 0 Å². The van der Waals surface area contributed by atoms with Crippen LogP contribution in [0, 0.1) is 5.82 Å². The Morgan fingerprint density at radius 2 is 1.74 bits per heavy atom. The summed E-state index contributed by atoms with van der Waals surface area (Å²) in [6.07, 6.45) is 0.886. The van der Waals surface area contributed by atoms with E-state index in [1.165, 1.54) is 12.1 Å². The second kappa shape index (κ2) is 11.5. The van der Waals surface area contributed by atoms with E-state index in [9.17, 15) is 9.18 Å². The first-order chi connectivity index (χ1) is 17.0. The molecular formula is C26H31FN4O3S. The largest absolute Gasteiger partial charge is 0.486 e. The Balaban J connectivity index is 1.56. The minimum absolute atomic E-state index is 0.174. The van der Waals surface area contributed by atoms with E-state index in [4.69, 9.17) is 21.7 Å². The van der Waals surface area contributed by atoms with E-state index in [0.29, 0.717) is 59.7 Å². The third-order valence-corrected chi connectivity index (χ3v) is 6.48. The SMILES string of the molecule is CCN(CC)CCCN(Cc1cc2cc3c(cc2[nH]c1=O)OCCO3)C(=S)Nc1ccc(F)cc1. The quantitative estimate of drug-likeness (QED) is 0.425. The van der Waals surface area contributed by atoms with Gasteiger partial charge in [0.2, 0.25) is 0 Å². The summed E-state index contributed by atoms with van der Waals surface area (Å²) in [5.41, 5.74) is 1.82. The zero-order valence-electron chi connectivity index (χ0n) is 20.1. The summed E-state index contributed by atoms with van der Waals surface area (Å²) in [7, 11) is 0. The number of halogens is 1. The molecule has 186 valence electrons. The van der Waals surface area contributed by atoms with E-state index in [-0.39, 0.29) is 11.4 Å². The van der Waals surface area contributed by atoms with E-state index in [2.05, 4.69) is 29.0 Å². The van der Waals surface area contributed by atoms with Gasteiger partial charge in [0.05, 0.1) is 12.1 Å². The van der Waals surface area contributed by atoms with Gasteiger partial charge < -0.3 is 29.6 Å². The number of anilines is 1. The molecule has 0 bridgehead atoms. The zero-order chi connectivity index (χ0) is 24.8. The first-order valence-electron chi connectivity index (χ1n) is 12.0. The monoisotopic (exact) mass is 498 g/mol. The fourth-order valence-corrected chi connectivity index (χ4v) is 4.40. The molecule has 2 aromatic carbocycles. The maximum atomic E-state index is 13.3. The highest BCUT2D eigenvalue weighted by atomic mass is 32.1. The molecule has 0 fully saturated rings. The number of nitrogens with one attached hydrogen (secondary N) is 2. The van der Waals surface area contributed by atoms with E-state index in [1.54, 1.807) is 18.2 Å². The van der Waals surface area contributed by atoms with Crippen LogP contribution in [0.2, 0.25) is 0 Å². The smallest absolute Gasteiger partial charge is 0.253 e. The molecule has 1 aliphatic heterocycles.